The summed E-state index contributed by atoms with van der Waals surface area (Å²) in [4.78, 5) is 10.3. The summed E-state index contributed by atoms with van der Waals surface area (Å²) < 4.78 is 27.0. The molecule has 0 atom stereocenters. The Bertz CT molecular complexity index is 654. The maximum atomic E-state index is 12.3. The van der Waals surface area contributed by atoms with Crippen LogP contribution in [0.3, 0.4) is 0 Å². The van der Waals surface area contributed by atoms with Crippen molar-refractivity contribution in [1.82, 2.24) is 10.0 Å². The van der Waals surface area contributed by atoms with E-state index in [9.17, 15) is 18.5 Å². The average Bonchev–Trinajstić information content (AvgIpc) is 3.21. The number of sulfonamides is 1. The Hall–Kier alpha value is -1.51. The molecule has 0 bridgehead atoms. The Balaban J connectivity index is 2.15. The van der Waals surface area contributed by atoms with E-state index in [1.807, 2.05) is 0 Å². The molecule has 0 spiro atoms. The quantitative estimate of drug-likeness (QED) is 0.448. The first-order valence-electron chi connectivity index (χ1n) is 6.80. The van der Waals surface area contributed by atoms with Crippen LogP contribution in [0, 0.1) is 24.0 Å². The van der Waals surface area contributed by atoms with Gasteiger partial charge in [0.1, 0.15) is 0 Å². The zero-order chi connectivity index (χ0) is 15.6. The Labute approximate surface area is 123 Å². The molecule has 1 saturated carbocycles. The minimum Gasteiger partial charge on any atom is -0.313 e. The number of nitrogens with one attached hydrogen (secondary N) is 2. The summed E-state index contributed by atoms with van der Waals surface area (Å²) in [6.45, 7) is 4.13. The topological polar surface area (TPSA) is 101 Å². The fourth-order valence-electron chi connectivity index (χ4n) is 2.02. The van der Waals surface area contributed by atoms with E-state index in [-0.39, 0.29) is 17.1 Å². The fraction of sp³-hybridized carbons (Fsp3) is 0.538. The van der Waals surface area contributed by atoms with E-state index in [4.69, 9.17) is 0 Å². The number of hydrogen-bond donors (Lipinski definition) is 2. The lowest BCUT2D eigenvalue weighted by molar-refractivity contribution is -0.385. The lowest BCUT2D eigenvalue weighted by Crippen LogP contribution is -2.33. The summed E-state index contributed by atoms with van der Waals surface area (Å²) in [5, 5.41) is 14.1. The third-order valence-corrected chi connectivity index (χ3v) is 5.12. The molecule has 2 rings (SSSR count). The van der Waals surface area contributed by atoms with Crippen LogP contribution in [0.4, 0.5) is 5.69 Å². The van der Waals surface area contributed by atoms with Gasteiger partial charge in [0, 0.05) is 31.3 Å². The van der Waals surface area contributed by atoms with Crippen molar-refractivity contribution in [1.29, 1.82) is 0 Å². The SMILES string of the molecule is Cc1cc([N+](=O)[O-])cc(S(=O)(=O)NCCNC2CC2)c1C. The number of nitro benzene ring substituents is 1. The Morgan fingerprint density at radius 2 is 1.95 bits per heavy atom. The molecule has 0 aromatic heterocycles. The Morgan fingerprint density at radius 1 is 1.29 bits per heavy atom. The van der Waals surface area contributed by atoms with Gasteiger partial charge >= 0.3 is 0 Å². The van der Waals surface area contributed by atoms with Crippen molar-refractivity contribution in [2.24, 2.45) is 0 Å². The number of nitro groups is 1. The summed E-state index contributed by atoms with van der Waals surface area (Å²) in [6, 6.07) is 3.00. The number of rotatable bonds is 7. The first-order valence-corrected chi connectivity index (χ1v) is 8.28. The molecule has 1 aromatic carbocycles. The molecular formula is C13H19N3O4S. The van der Waals surface area contributed by atoms with Crippen molar-refractivity contribution >= 4 is 15.7 Å². The third-order valence-electron chi connectivity index (χ3n) is 3.53. The molecule has 0 radical (unpaired) electrons. The van der Waals surface area contributed by atoms with Gasteiger partial charge in [-0.1, -0.05) is 0 Å². The van der Waals surface area contributed by atoms with Gasteiger partial charge in [0.25, 0.3) is 5.69 Å². The van der Waals surface area contributed by atoms with Crippen LogP contribution in [0.15, 0.2) is 17.0 Å². The summed E-state index contributed by atoms with van der Waals surface area (Å²) >= 11 is 0. The normalized spacial score (nSPS) is 15.1. The highest BCUT2D eigenvalue weighted by Gasteiger charge is 2.23. The number of non-ortho nitro benzene ring substituents is 1. The molecule has 0 saturated heterocycles. The zero-order valence-electron chi connectivity index (χ0n) is 12.0. The average molecular weight is 313 g/mol. The van der Waals surface area contributed by atoms with Crippen molar-refractivity contribution < 1.29 is 13.3 Å². The number of nitrogens with zero attached hydrogens (tertiary/aromatic N) is 1. The molecule has 1 aromatic rings. The van der Waals surface area contributed by atoms with Crippen molar-refractivity contribution in [3.63, 3.8) is 0 Å². The molecular weight excluding hydrogens is 294 g/mol. The highest BCUT2D eigenvalue weighted by atomic mass is 32.2. The molecule has 21 heavy (non-hydrogen) atoms. The van der Waals surface area contributed by atoms with Crippen molar-refractivity contribution in [2.45, 2.75) is 37.6 Å². The molecule has 1 fully saturated rings. The molecule has 1 aliphatic rings. The third kappa shape index (κ3) is 3.99. The van der Waals surface area contributed by atoms with Gasteiger partial charge in [-0.25, -0.2) is 13.1 Å². The summed E-state index contributed by atoms with van der Waals surface area (Å²) in [7, 11) is -3.74. The molecule has 0 amide bonds. The van der Waals surface area contributed by atoms with E-state index in [0.29, 0.717) is 23.7 Å². The van der Waals surface area contributed by atoms with Gasteiger partial charge in [-0.15, -0.1) is 0 Å². The van der Waals surface area contributed by atoms with E-state index in [0.717, 1.165) is 18.9 Å². The highest BCUT2D eigenvalue weighted by Crippen LogP contribution is 2.25. The van der Waals surface area contributed by atoms with E-state index in [1.165, 1.54) is 6.07 Å². The van der Waals surface area contributed by atoms with Crippen molar-refractivity contribution in [3.05, 3.63) is 33.4 Å². The van der Waals surface area contributed by atoms with Gasteiger partial charge in [-0.05, 0) is 37.8 Å². The molecule has 2 N–H and O–H groups in total. The summed E-state index contributed by atoms with van der Waals surface area (Å²) in [5.74, 6) is 0. The smallest absolute Gasteiger partial charge is 0.271 e. The lowest BCUT2D eigenvalue weighted by atomic mass is 10.1. The molecule has 0 aliphatic heterocycles. The van der Waals surface area contributed by atoms with Crippen molar-refractivity contribution in [3.8, 4) is 0 Å². The molecule has 116 valence electrons. The van der Waals surface area contributed by atoms with Crippen LogP contribution in [0.25, 0.3) is 0 Å². The standard InChI is InChI=1S/C13H19N3O4S/c1-9-7-12(16(17)18)8-13(10(9)2)21(19,20)15-6-5-14-11-3-4-11/h7-8,11,14-15H,3-6H2,1-2H3. The predicted octanol–water partition coefficient (Wildman–Crippen LogP) is 1.24. The van der Waals surface area contributed by atoms with Gasteiger partial charge in [0.05, 0.1) is 9.82 Å². The van der Waals surface area contributed by atoms with Gasteiger partial charge in [0.2, 0.25) is 10.0 Å². The monoisotopic (exact) mass is 313 g/mol. The zero-order valence-corrected chi connectivity index (χ0v) is 12.9. The maximum Gasteiger partial charge on any atom is 0.271 e. The molecule has 1 aliphatic carbocycles. The van der Waals surface area contributed by atoms with Crippen LogP contribution in [-0.2, 0) is 10.0 Å². The molecule has 7 nitrogen and oxygen atoms in total. The number of hydrogen-bond acceptors (Lipinski definition) is 5. The van der Waals surface area contributed by atoms with Gasteiger partial charge in [0.15, 0.2) is 0 Å². The highest BCUT2D eigenvalue weighted by molar-refractivity contribution is 7.89. The fourth-order valence-corrected chi connectivity index (χ4v) is 3.39. The summed E-state index contributed by atoms with van der Waals surface area (Å²) in [5.41, 5.74) is 0.901. The second-order valence-corrected chi connectivity index (χ2v) is 7.00. The Morgan fingerprint density at radius 3 is 2.52 bits per heavy atom. The first kappa shape index (κ1) is 15.9. The molecule has 8 heteroatoms. The number of aryl methyl sites for hydroxylation is 1. The van der Waals surface area contributed by atoms with Crippen LogP contribution in [0.5, 0.6) is 0 Å². The summed E-state index contributed by atoms with van der Waals surface area (Å²) in [6.07, 6.45) is 2.27. The molecule has 0 heterocycles. The largest absolute Gasteiger partial charge is 0.313 e. The van der Waals surface area contributed by atoms with Crippen molar-refractivity contribution in [2.75, 3.05) is 13.1 Å². The number of benzene rings is 1. The van der Waals surface area contributed by atoms with Crippen LogP contribution in [-0.4, -0.2) is 32.5 Å². The minimum atomic E-state index is -3.74. The van der Waals surface area contributed by atoms with E-state index in [2.05, 4.69) is 10.0 Å². The van der Waals surface area contributed by atoms with Gasteiger partial charge < -0.3 is 5.32 Å². The van der Waals surface area contributed by atoms with Crippen LogP contribution in [0.1, 0.15) is 24.0 Å². The maximum absolute atomic E-state index is 12.3. The lowest BCUT2D eigenvalue weighted by Gasteiger charge is -2.11. The van der Waals surface area contributed by atoms with E-state index in [1.54, 1.807) is 13.8 Å². The first-order chi connectivity index (χ1) is 9.81. The molecule has 0 unspecified atom stereocenters. The Kier molecular flexibility index (Phi) is 4.60. The predicted molar refractivity (Wildman–Crippen MR) is 78.8 cm³/mol. The van der Waals surface area contributed by atoms with Gasteiger partial charge in [-0.2, -0.15) is 0 Å². The van der Waals surface area contributed by atoms with Crippen LogP contribution in [0.2, 0.25) is 0 Å². The minimum absolute atomic E-state index is 0.0272. The van der Waals surface area contributed by atoms with E-state index < -0.39 is 14.9 Å². The van der Waals surface area contributed by atoms with E-state index >= 15 is 0 Å². The second kappa shape index (κ2) is 6.08. The van der Waals surface area contributed by atoms with Crippen LogP contribution < -0.4 is 10.0 Å². The van der Waals surface area contributed by atoms with Crippen LogP contribution >= 0.6 is 0 Å². The van der Waals surface area contributed by atoms with Gasteiger partial charge in [-0.3, -0.25) is 10.1 Å². The second-order valence-electron chi connectivity index (χ2n) is 5.27.